The number of carbonyl (C=O) groups is 1. The highest BCUT2D eigenvalue weighted by atomic mass is 35.5. The maximum absolute atomic E-state index is 12.5. The Balaban J connectivity index is 1.99. The van der Waals surface area contributed by atoms with Crippen LogP contribution in [0.4, 0.5) is 0 Å². The monoisotopic (exact) mass is 326 g/mol. The molecule has 0 atom stereocenters. The van der Waals surface area contributed by atoms with Crippen LogP contribution < -0.4 is 0 Å². The molecule has 1 aromatic carbocycles. The third-order valence-electron chi connectivity index (χ3n) is 3.59. The fraction of sp³-hybridized carbons (Fsp3) is 0.438. The maximum atomic E-state index is 12.5. The van der Waals surface area contributed by atoms with Crippen LogP contribution in [0.2, 0.25) is 10.0 Å². The number of allylic oxidation sites excluding steroid dienone is 1. The molecule has 0 aromatic heterocycles. The molecular formula is C16H20Cl2N2O. The van der Waals surface area contributed by atoms with E-state index >= 15 is 0 Å². The number of hydrogen-bond acceptors (Lipinski definition) is 2. The van der Waals surface area contributed by atoms with Crippen molar-refractivity contribution >= 4 is 29.1 Å². The first-order chi connectivity index (χ1) is 9.99. The van der Waals surface area contributed by atoms with Gasteiger partial charge in [0.25, 0.3) is 5.91 Å². The second-order valence-electron chi connectivity index (χ2n) is 5.47. The zero-order valence-electron chi connectivity index (χ0n) is 12.4. The summed E-state index contributed by atoms with van der Waals surface area (Å²) in [6.45, 7) is 8.29. The Bertz CT molecular complexity index is 525. The summed E-state index contributed by atoms with van der Waals surface area (Å²) in [4.78, 5) is 16.7. The van der Waals surface area contributed by atoms with E-state index in [-0.39, 0.29) is 5.91 Å². The molecule has 0 radical (unpaired) electrons. The third-order valence-corrected chi connectivity index (χ3v) is 4.22. The molecule has 3 nitrogen and oxygen atoms in total. The van der Waals surface area contributed by atoms with Crippen LogP contribution in [0.3, 0.4) is 0 Å². The van der Waals surface area contributed by atoms with Gasteiger partial charge in [-0.05, 0) is 26.0 Å². The number of hydrogen-bond donors (Lipinski definition) is 0. The first kappa shape index (κ1) is 16.3. The van der Waals surface area contributed by atoms with Gasteiger partial charge in [-0.3, -0.25) is 9.69 Å². The van der Waals surface area contributed by atoms with E-state index in [1.807, 2.05) is 4.90 Å². The largest absolute Gasteiger partial charge is 0.336 e. The molecule has 1 aliphatic rings. The van der Waals surface area contributed by atoms with Crippen molar-refractivity contribution in [2.75, 3.05) is 32.7 Å². The molecule has 0 unspecified atom stereocenters. The second-order valence-corrected chi connectivity index (χ2v) is 6.29. The van der Waals surface area contributed by atoms with E-state index in [0.717, 1.165) is 19.6 Å². The number of nitrogens with zero attached hydrogens (tertiary/aromatic N) is 2. The molecule has 1 saturated heterocycles. The fourth-order valence-electron chi connectivity index (χ4n) is 2.31. The summed E-state index contributed by atoms with van der Waals surface area (Å²) in [6.07, 6.45) is 2.21. The lowest BCUT2D eigenvalue weighted by atomic mass is 10.1. The standard InChI is InChI=1S/C16H20Cl2N2O/c1-12(2)6-7-19-8-10-20(11-9-19)16(21)15-13(17)4-3-5-14(15)18/h3-6H,7-11H2,1-2H3. The quantitative estimate of drug-likeness (QED) is 0.790. The molecule has 0 saturated carbocycles. The van der Waals surface area contributed by atoms with Crippen molar-refractivity contribution < 1.29 is 4.79 Å². The van der Waals surface area contributed by atoms with Crippen LogP contribution in [0.5, 0.6) is 0 Å². The molecule has 1 aliphatic heterocycles. The Kier molecular flexibility index (Phi) is 5.68. The molecule has 1 aromatic rings. The highest BCUT2D eigenvalue weighted by molar-refractivity contribution is 6.39. The summed E-state index contributed by atoms with van der Waals surface area (Å²) >= 11 is 12.2. The van der Waals surface area contributed by atoms with Gasteiger partial charge in [0, 0.05) is 32.7 Å². The number of piperazine rings is 1. The lowest BCUT2D eigenvalue weighted by Gasteiger charge is -2.34. The molecule has 0 bridgehead atoms. The van der Waals surface area contributed by atoms with E-state index in [1.165, 1.54) is 5.57 Å². The van der Waals surface area contributed by atoms with Crippen LogP contribution in [-0.2, 0) is 0 Å². The highest BCUT2D eigenvalue weighted by Gasteiger charge is 2.24. The number of halogens is 2. The van der Waals surface area contributed by atoms with Crippen LogP contribution in [-0.4, -0.2) is 48.4 Å². The molecule has 0 spiro atoms. The Hall–Kier alpha value is -1.03. The van der Waals surface area contributed by atoms with Crippen molar-refractivity contribution in [2.24, 2.45) is 0 Å². The average Bonchev–Trinajstić information content (AvgIpc) is 2.45. The molecule has 2 rings (SSSR count). The molecule has 5 heteroatoms. The summed E-state index contributed by atoms with van der Waals surface area (Å²) in [7, 11) is 0. The highest BCUT2D eigenvalue weighted by Crippen LogP contribution is 2.26. The van der Waals surface area contributed by atoms with Gasteiger partial charge < -0.3 is 4.90 Å². The minimum Gasteiger partial charge on any atom is -0.336 e. The van der Waals surface area contributed by atoms with Gasteiger partial charge in [-0.1, -0.05) is 40.9 Å². The van der Waals surface area contributed by atoms with E-state index in [1.54, 1.807) is 18.2 Å². The van der Waals surface area contributed by atoms with E-state index in [9.17, 15) is 4.79 Å². The van der Waals surface area contributed by atoms with Crippen molar-refractivity contribution in [1.82, 2.24) is 9.80 Å². The maximum Gasteiger partial charge on any atom is 0.256 e. The first-order valence-corrected chi connectivity index (χ1v) is 7.83. The van der Waals surface area contributed by atoms with Gasteiger partial charge in [-0.25, -0.2) is 0 Å². The second kappa shape index (κ2) is 7.30. The van der Waals surface area contributed by atoms with Crippen LogP contribution in [0, 0.1) is 0 Å². The van der Waals surface area contributed by atoms with Crippen molar-refractivity contribution in [3.05, 3.63) is 45.5 Å². The van der Waals surface area contributed by atoms with Crippen LogP contribution in [0.25, 0.3) is 0 Å². The average molecular weight is 327 g/mol. The normalized spacial score (nSPS) is 15.9. The van der Waals surface area contributed by atoms with Crippen molar-refractivity contribution in [2.45, 2.75) is 13.8 Å². The van der Waals surface area contributed by atoms with Crippen LogP contribution >= 0.6 is 23.2 Å². The summed E-state index contributed by atoms with van der Waals surface area (Å²) in [5, 5.41) is 0.832. The SMILES string of the molecule is CC(C)=CCN1CCN(C(=O)c2c(Cl)cccc2Cl)CC1. The number of benzene rings is 1. The molecule has 0 N–H and O–H groups in total. The summed E-state index contributed by atoms with van der Waals surface area (Å²) in [5.74, 6) is -0.0764. The predicted octanol–water partition coefficient (Wildman–Crippen LogP) is 3.72. The van der Waals surface area contributed by atoms with Crippen molar-refractivity contribution in [3.8, 4) is 0 Å². The predicted molar refractivity (Wildman–Crippen MR) is 88.2 cm³/mol. The van der Waals surface area contributed by atoms with Crippen molar-refractivity contribution in [3.63, 3.8) is 0 Å². The topological polar surface area (TPSA) is 23.6 Å². The Morgan fingerprint density at radius 1 is 1.14 bits per heavy atom. The summed E-state index contributed by atoms with van der Waals surface area (Å²) in [5.41, 5.74) is 1.73. The van der Waals surface area contributed by atoms with E-state index in [2.05, 4.69) is 24.8 Å². The molecule has 1 amide bonds. The molecular weight excluding hydrogens is 307 g/mol. The van der Waals surface area contributed by atoms with Gasteiger partial charge in [0.05, 0.1) is 15.6 Å². The fourth-order valence-corrected chi connectivity index (χ4v) is 2.86. The van der Waals surface area contributed by atoms with Gasteiger partial charge in [0.2, 0.25) is 0 Å². The van der Waals surface area contributed by atoms with E-state index < -0.39 is 0 Å². The molecule has 0 aliphatic carbocycles. The van der Waals surface area contributed by atoms with Gasteiger partial charge in [-0.2, -0.15) is 0 Å². The lowest BCUT2D eigenvalue weighted by molar-refractivity contribution is 0.0650. The van der Waals surface area contributed by atoms with E-state index in [0.29, 0.717) is 28.7 Å². The van der Waals surface area contributed by atoms with Crippen molar-refractivity contribution in [1.29, 1.82) is 0 Å². The first-order valence-electron chi connectivity index (χ1n) is 7.08. The summed E-state index contributed by atoms with van der Waals surface area (Å²) in [6, 6.07) is 5.15. The van der Waals surface area contributed by atoms with Crippen LogP contribution in [0.15, 0.2) is 29.8 Å². The van der Waals surface area contributed by atoms with Gasteiger partial charge in [0.1, 0.15) is 0 Å². The molecule has 21 heavy (non-hydrogen) atoms. The van der Waals surface area contributed by atoms with Gasteiger partial charge >= 0.3 is 0 Å². The minimum absolute atomic E-state index is 0.0764. The van der Waals surface area contributed by atoms with E-state index in [4.69, 9.17) is 23.2 Å². The summed E-state index contributed by atoms with van der Waals surface area (Å²) < 4.78 is 0. The van der Waals surface area contributed by atoms with Crippen LogP contribution in [0.1, 0.15) is 24.2 Å². The third kappa shape index (κ3) is 4.22. The zero-order chi connectivity index (χ0) is 15.4. The van der Waals surface area contributed by atoms with Gasteiger partial charge in [-0.15, -0.1) is 0 Å². The Morgan fingerprint density at radius 3 is 2.24 bits per heavy atom. The number of carbonyl (C=O) groups excluding carboxylic acids is 1. The Labute approximate surface area is 136 Å². The minimum atomic E-state index is -0.0764. The lowest BCUT2D eigenvalue weighted by Crippen LogP contribution is -2.48. The molecule has 1 fully saturated rings. The zero-order valence-corrected chi connectivity index (χ0v) is 13.9. The smallest absolute Gasteiger partial charge is 0.256 e. The molecule has 1 heterocycles. The Morgan fingerprint density at radius 2 is 1.71 bits per heavy atom. The van der Waals surface area contributed by atoms with Gasteiger partial charge in [0.15, 0.2) is 0 Å². The number of rotatable bonds is 3. The molecule has 114 valence electrons. The number of amides is 1.